The third-order valence-corrected chi connectivity index (χ3v) is 7.64. The summed E-state index contributed by atoms with van der Waals surface area (Å²) in [7, 11) is 0. The molecule has 0 aromatic carbocycles. The fourth-order valence-corrected chi connectivity index (χ4v) is 4.98. The zero-order valence-corrected chi connectivity index (χ0v) is 27.1. The molecule has 0 N–H and O–H groups in total. The highest BCUT2D eigenvalue weighted by Gasteiger charge is 2.17. The Morgan fingerprint density at radius 1 is 0.450 bits per heavy atom. The highest BCUT2D eigenvalue weighted by Crippen LogP contribution is 2.13. The molecule has 0 aliphatic rings. The highest BCUT2D eigenvalue weighted by atomic mass is 16.6. The van der Waals surface area contributed by atoms with Gasteiger partial charge in [-0.1, -0.05) is 156 Å². The maximum absolute atomic E-state index is 12.4. The van der Waals surface area contributed by atoms with E-state index in [0.717, 1.165) is 38.5 Å². The van der Waals surface area contributed by atoms with Gasteiger partial charge < -0.3 is 14.2 Å². The molecule has 0 amide bonds. The summed E-state index contributed by atoms with van der Waals surface area (Å²) in [6.07, 6.45) is 29.7. The van der Waals surface area contributed by atoms with Gasteiger partial charge in [-0.05, 0) is 19.3 Å². The lowest BCUT2D eigenvalue weighted by Gasteiger charge is -2.18. The first kappa shape index (κ1) is 38.9. The molecule has 40 heavy (non-hydrogen) atoms. The number of ether oxygens (including phenoxy) is 3. The van der Waals surface area contributed by atoms with Gasteiger partial charge in [0.25, 0.3) is 0 Å². The van der Waals surface area contributed by atoms with Gasteiger partial charge in [-0.3, -0.25) is 9.59 Å². The predicted molar refractivity (Wildman–Crippen MR) is 169 cm³/mol. The van der Waals surface area contributed by atoms with Gasteiger partial charge in [-0.25, -0.2) is 0 Å². The van der Waals surface area contributed by atoms with Crippen LogP contribution < -0.4 is 0 Å². The van der Waals surface area contributed by atoms with Crippen LogP contribution >= 0.6 is 0 Å². The third-order valence-electron chi connectivity index (χ3n) is 7.64. The first-order chi connectivity index (χ1) is 19.6. The summed E-state index contributed by atoms with van der Waals surface area (Å²) in [6, 6.07) is 0. The summed E-state index contributed by atoms with van der Waals surface area (Å²) in [4.78, 5) is 24.7. The molecule has 1 atom stereocenters. The highest BCUT2D eigenvalue weighted by molar-refractivity contribution is 5.70. The predicted octanol–water partition coefficient (Wildman–Crippen LogP) is 10.7. The Labute approximate surface area is 249 Å². The zero-order valence-electron chi connectivity index (χ0n) is 27.1. The lowest BCUT2D eigenvalue weighted by molar-refractivity contribution is -0.163. The fraction of sp³-hybridized carbons (Fsp3) is 0.943. The molecular formula is C35H68O5. The second-order valence-electron chi connectivity index (χ2n) is 11.8. The topological polar surface area (TPSA) is 61.8 Å². The molecule has 0 aromatic heterocycles. The van der Waals surface area contributed by atoms with E-state index >= 15 is 0 Å². The van der Waals surface area contributed by atoms with Crippen LogP contribution in [0.4, 0.5) is 0 Å². The van der Waals surface area contributed by atoms with Crippen molar-refractivity contribution in [2.75, 3.05) is 19.8 Å². The maximum atomic E-state index is 12.4. The molecule has 0 fully saturated rings. The fourth-order valence-electron chi connectivity index (χ4n) is 4.98. The van der Waals surface area contributed by atoms with Gasteiger partial charge in [0.2, 0.25) is 0 Å². The lowest BCUT2D eigenvalue weighted by Crippen LogP contribution is -2.30. The van der Waals surface area contributed by atoms with Crippen molar-refractivity contribution in [1.29, 1.82) is 0 Å². The third kappa shape index (κ3) is 29.9. The standard InChI is InChI=1S/C35H68O5/c1-4-7-10-13-15-17-19-21-24-27-30-38-31-33(40-35(37)29-26-22-12-9-6-3)32-39-34(36)28-25-23-20-18-16-14-11-8-5-2/h33H,4-32H2,1-3H3. The Kier molecular flexibility index (Phi) is 31.5. The van der Waals surface area contributed by atoms with E-state index in [-0.39, 0.29) is 18.5 Å². The monoisotopic (exact) mass is 569 g/mol. The van der Waals surface area contributed by atoms with E-state index in [1.165, 1.54) is 116 Å². The van der Waals surface area contributed by atoms with E-state index in [0.29, 0.717) is 26.1 Å². The Bertz CT molecular complexity index is 536. The normalized spacial score (nSPS) is 12.0. The summed E-state index contributed by atoms with van der Waals surface area (Å²) >= 11 is 0. The molecular weight excluding hydrogens is 500 g/mol. The molecule has 0 saturated heterocycles. The van der Waals surface area contributed by atoms with Gasteiger partial charge in [0, 0.05) is 19.4 Å². The van der Waals surface area contributed by atoms with E-state index in [4.69, 9.17) is 14.2 Å². The number of carbonyl (C=O) groups excluding carboxylic acids is 2. The molecule has 5 heteroatoms. The summed E-state index contributed by atoms with van der Waals surface area (Å²) < 4.78 is 17.0. The number of hydrogen-bond acceptors (Lipinski definition) is 5. The summed E-state index contributed by atoms with van der Waals surface area (Å²) in [5.41, 5.74) is 0. The molecule has 1 unspecified atom stereocenters. The van der Waals surface area contributed by atoms with Crippen molar-refractivity contribution in [1.82, 2.24) is 0 Å². The lowest BCUT2D eigenvalue weighted by atomic mass is 10.1. The second kappa shape index (κ2) is 32.4. The van der Waals surface area contributed by atoms with Crippen LogP contribution in [0, 0.1) is 0 Å². The Morgan fingerprint density at radius 2 is 0.825 bits per heavy atom. The van der Waals surface area contributed by atoms with Gasteiger partial charge in [-0.15, -0.1) is 0 Å². The smallest absolute Gasteiger partial charge is 0.306 e. The van der Waals surface area contributed by atoms with E-state index in [1.54, 1.807) is 0 Å². The Hall–Kier alpha value is -1.10. The van der Waals surface area contributed by atoms with Crippen LogP contribution in [0.1, 0.15) is 188 Å². The molecule has 0 saturated carbocycles. The van der Waals surface area contributed by atoms with Gasteiger partial charge in [0.05, 0.1) is 6.61 Å². The molecule has 0 heterocycles. The van der Waals surface area contributed by atoms with Crippen molar-refractivity contribution in [3.8, 4) is 0 Å². The Balaban J connectivity index is 4.12. The quantitative estimate of drug-likeness (QED) is 0.0596. The van der Waals surface area contributed by atoms with Crippen LogP contribution in [-0.2, 0) is 23.8 Å². The molecule has 0 spiro atoms. The van der Waals surface area contributed by atoms with Crippen LogP contribution in [0.5, 0.6) is 0 Å². The first-order valence-electron chi connectivity index (χ1n) is 17.6. The second-order valence-corrected chi connectivity index (χ2v) is 11.8. The van der Waals surface area contributed by atoms with E-state index in [9.17, 15) is 9.59 Å². The van der Waals surface area contributed by atoms with Crippen molar-refractivity contribution < 1.29 is 23.8 Å². The van der Waals surface area contributed by atoms with Crippen molar-refractivity contribution in [2.45, 2.75) is 194 Å². The SMILES string of the molecule is CCCCCCCCCCCCOCC(COC(=O)CCCCCCCCCCC)OC(=O)CCCCCCC. The largest absolute Gasteiger partial charge is 0.462 e. The van der Waals surface area contributed by atoms with Crippen LogP contribution in [0.15, 0.2) is 0 Å². The van der Waals surface area contributed by atoms with Gasteiger partial charge in [0.15, 0.2) is 6.10 Å². The summed E-state index contributed by atoms with van der Waals surface area (Å²) in [6.45, 7) is 7.74. The number of carbonyl (C=O) groups is 2. The molecule has 5 nitrogen and oxygen atoms in total. The molecule has 0 rings (SSSR count). The number of unbranched alkanes of at least 4 members (excludes halogenated alkanes) is 21. The van der Waals surface area contributed by atoms with Crippen LogP contribution in [0.2, 0.25) is 0 Å². The molecule has 0 bridgehead atoms. The minimum atomic E-state index is -0.515. The van der Waals surface area contributed by atoms with Crippen molar-refractivity contribution in [3.63, 3.8) is 0 Å². The van der Waals surface area contributed by atoms with Gasteiger partial charge >= 0.3 is 11.9 Å². The summed E-state index contributed by atoms with van der Waals surface area (Å²) in [5.74, 6) is -0.405. The van der Waals surface area contributed by atoms with Crippen molar-refractivity contribution in [3.05, 3.63) is 0 Å². The first-order valence-corrected chi connectivity index (χ1v) is 17.6. The molecule has 0 aliphatic carbocycles. The van der Waals surface area contributed by atoms with E-state index in [1.807, 2.05) is 0 Å². The van der Waals surface area contributed by atoms with E-state index < -0.39 is 6.10 Å². The van der Waals surface area contributed by atoms with Crippen LogP contribution in [-0.4, -0.2) is 37.9 Å². The number of rotatable bonds is 32. The number of esters is 2. The Morgan fingerprint density at radius 3 is 1.27 bits per heavy atom. The van der Waals surface area contributed by atoms with Crippen molar-refractivity contribution in [2.24, 2.45) is 0 Å². The number of hydrogen-bond donors (Lipinski definition) is 0. The molecule has 0 aromatic rings. The maximum Gasteiger partial charge on any atom is 0.306 e. The van der Waals surface area contributed by atoms with E-state index in [2.05, 4.69) is 20.8 Å². The molecule has 0 radical (unpaired) electrons. The minimum Gasteiger partial charge on any atom is -0.462 e. The van der Waals surface area contributed by atoms with Crippen LogP contribution in [0.25, 0.3) is 0 Å². The average molecular weight is 569 g/mol. The van der Waals surface area contributed by atoms with Crippen LogP contribution in [0.3, 0.4) is 0 Å². The molecule has 0 aliphatic heterocycles. The van der Waals surface area contributed by atoms with Gasteiger partial charge in [0.1, 0.15) is 6.61 Å². The van der Waals surface area contributed by atoms with Crippen molar-refractivity contribution >= 4 is 11.9 Å². The molecule has 238 valence electrons. The van der Waals surface area contributed by atoms with Gasteiger partial charge in [-0.2, -0.15) is 0 Å². The summed E-state index contributed by atoms with van der Waals surface area (Å²) in [5, 5.41) is 0. The zero-order chi connectivity index (χ0) is 29.4. The minimum absolute atomic E-state index is 0.0931. The average Bonchev–Trinajstić information content (AvgIpc) is 2.95.